The number of hydrogen-bond acceptors (Lipinski definition) is 2. The minimum atomic E-state index is 0.389. The number of rotatable bonds is 1. The summed E-state index contributed by atoms with van der Waals surface area (Å²) in [4.78, 5) is 4.77. The number of piperazine rings is 1. The molecule has 0 aliphatic carbocycles. The van der Waals surface area contributed by atoms with E-state index < -0.39 is 0 Å². The zero-order valence-corrected chi connectivity index (χ0v) is 10.9. The molecule has 0 amide bonds. The first kappa shape index (κ1) is 12.3. The highest BCUT2D eigenvalue weighted by molar-refractivity contribution is 6.19. The average Bonchev–Trinajstić information content (AvgIpc) is 2.38. The van der Waals surface area contributed by atoms with Gasteiger partial charge in [0.25, 0.3) is 0 Å². The standard InChI is InChI=1S/C14H17ClN2/c1-16-9-11-17(12-10-16)14-6-4-13(5-7-14)3-2-8-15/h4-7H,8-12H2,1H3. The Morgan fingerprint density at radius 3 is 2.35 bits per heavy atom. The predicted octanol–water partition coefficient (Wildman–Crippen LogP) is 2.03. The average molecular weight is 249 g/mol. The monoisotopic (exact) mass is 248 g/mol. The first-order chi connectivity index (χ1) is 8.29. The fourth-order valence-electron chi connectivity index (χ4n) is 1.96. The second kappa shape index (κ2) is 5.95. The van der Waals surface area contributed by atoms with Gasteiger partial charge in [0.15, 0.2) is 0 Å². The van der Waals surface area contributed by atoms with Gasteiger partial charge in [-0.05, 0) is 31.3 Å². The summed E-state index contributed by atoms with van der Waals surface area (Å²) in [5.74, 6) is 6.28. The van der Waals surface area contributed by atoms with Crippen LogP contribution in [0, 0.1) is 11.8 Å². The molecule has 2 rings (SSSR count). The third kappa shape index (κ3) is 3.39. The van der Waals surface area contributed by atoms with Crippen LogP contribution in [-0.4, -0.2) is 44.0 Å². The van der Waals surface area contributed by atoms with Crippen molar-refractivity contribution in [1.82, 2.24) is 4.90 Å². The molecule has 1 aromatic carbocycles. The number of anilines is 1. The third-order valence-electron chi connectivity index (χ3n) is 3.04. The molecule has 0 radical (unpaired) electrons. The van der Waals surface area contributed by atoms with E-state index in [0.29, 0.717) is 5.88 Å². The Balaban J connectivity index is 2.02. The Hall–Kier alpha value is -1.17. The predicted molar refractivity (Wildman–Crippen MR) is 73.8 cm³/mol. The van der Waals surface area contributed by atoms with Crippen LogP contribution in [0.15, 0.2) is 24.3 Å². The summed E-state index contributed by atoms with van der Waals surface area (Å²) in [7, 11) is 2.17. The maximum atomic E-state index is 5.53. The van der Waals surface area contributed by atoms with Gasteiger partial charge in [-0.1, -0.05) is 11.8 Å². The normalized spacial score (nSPS) is 16.5. The van der Waals surface area contributed by atoms with E-state index in [1.54, 1.807) is 0 Å². The highest BCUT2D eigenvalue weighted by Gasteiger charge is 2.13. The van der Waals surface area contributed by atoms with Crippen molar-refractivity contribution in [3.63, 3.8) is 0 Å². The smallest absolute Gasteiger partial charge is 0.0839 e. The van der Waals surface area contributed by atoms with Crippen LogP contribution in [0.3, 0.4) is 0 Å². The molecule has 0 unspecified atom stereocenters. The molecular formula is C14H17ClN2. The Labute approximate surface area is 108 Å². The van der Waals surface area contributed by atoms with Crippen molar-refractivity contribution in [3.8, 4) is 11.8 Å². The number of likely N-dealkylation sites (N-methyl/N-ethyl adjacent to an activating group) is 1. The van der Waals surface area contributed by atoms with Gasteiger partial charge in [-0.2, -0.15) is 0 Å². The summed E-state index contributed by atoms with van der Waals surface area (Å²) in [6, 6.07) is 8.41. The van der Waals surface area contributed by atoms with Gasteiger partial charge in [-0.15, -0.1) is 11.6 Å². The molecule has 0 bridgehead atoms. The van der Waals surface area contributed by atoms with Crippen LogP contribution >= 0.6 is 11.6 Å². The molecule has 1 fully saturated rings. The molecule has 3 heteroatoms. The molecule has 90 valence electrons. The molecule has 0 aromatic heterocycles. The highest BCUT2D eigenvalue weighted by Crippen LogP contribution is 2.16. The van der Waals surface area contributed by atoms with E-state index in [1.165, 1.54) is 5.69 Å². The summed E-state index contributed by atoms with van der Waals surface area (Å²) < 4.78 is 0. The Morgan fingerprint density at radius 2 is 1.76 bits per heavy atom. The molecular weight excluding hydrogens is 232 g/mol. The number of benzene rings is 1. The van der Waals surface area contributed by atoms with Crippen LogP contribution in [0.4, 0.5) is 5.69 Å². The lowest BCUT2D eigenvalue weighted by Crippen LogP contribution is -2.44. The van der Waals surface area contributed by atoms with E-state index in [1.807, 2.05) is 0 Å². The first-order valence-corrected chi connectivity index (χ1v) is 6.41. The van der Waals surface area contributed by atoms with E-state index in [-0.39, 0.29) is 0 Å². The molecule has 0 N–H and O–H groups in total. The second-order valence-electron chi connectivity index (χ2n) is 4.27. The lowest BCUT2D eigenvalue weighted by Gasteiger charge is -2.34. The molecule has 1 aliphatic heterocycles. The van der Waals surface area contributed by atoms with E-state index in [2.05, 4.69) is 53.0 Å². The summed E-state index contributed by atoms with van der Waals surface area (Å²) in [5.41, 5.74) is 2.32. The summed E-state index contributed by atoms with van der Waals surface area (Å²) in [5, 5.41) is 0. The van der Waals surface area contributed by atoms with E-state index in [0.717, 1.165) is 31.7 Å². The van der Waals surface area contributed by atoms with E-state index in [9.17, 15) is 0 Å². The number of nitrogens with zero attached hydrogens (tertiary/aromatic N) is 2. The zero-order valence-electron chi connectivity index (χ0n) is 10.1. The van der Waals surface area contributed by atoms with Gasteiger partial charge in [0.2, 0.25) is 0 Å². The number of halogens is 1. The number of alkyl halides is 1. The van der Waals surface area contributed by atoms with Gasteiger partial charge in [-0.3, -0.25) is 0 Å². The van der Waals surface area contributed by atoms with Gasteiger partial charge < -0.3 is 9.80 Å². The Bertz CT molecular complexity index is 408. The van der Waals surface area contributed by atoms with Crippen molar-refractivity contribution in [1.29, 1.82) is 0 Å². The van der Waals surface area contributed by atoms with Crippen molar-refractivity contribution in [2.24, 2.45) is 0 Å². The van der Waals surface area contributed by atoms with Crippen molar-refractivity contribution >= 4 is 17.3 Å². The molecule has 0 spiro atoms. The van der Waals surface area contributed by atoms with Crippen molar-refractivity contribution in [3.05, 3.63) is 29.8 Å². The van der Waals surface area contributed by atoms with E-state index in [4.69, 9.17) is 11.6 Å². The molecule has 0 atom stereocenters. The maximum Gasteiger partial charge on any atom is 0.0839 e. The molecule has 0 saturated carbocycles. The topological polar surface area (TPSA) is 6.48 Å². The molecule has 1 heterocycles. The zero-order chi connectivity index (χ0) is 12.1. The highest BCUT2D eigenvalue weighted by atomic mass is 35.5. The summed E-state index contributed by atoms with van der Waals surface area (Å²) in [6.45, 7) is 4.47. The maximum absolute atomic E-state index is 5.53. The van der Waals surface area contributed by atoms with Crippen LogP contribution in [0.5, 0.6) is 0 Å². The van der Waals surface area contributed by atoms with Crippen LogP contribution in [0.1, 0.15) is 5.56 Å². The van der Waals surface area contributed by atoms with Crippen molar-refractivity contribution < 1.29 is 0 Å². The lowest BCUT2D eigenvalue weighted by molar-refractivity contribution is 0.313. The van der Waals surface area contributed by atoms with Crippen molar-refractivity contribution in [2.75, 3.05) is 44.0 Å². The Morgan fingerprint density at radius 1 is 1.12 bits per heavy atom. The molecule has 1 saturated heterocycles. The van der Waals surface area contributed by atoms with Crippen LogP contribution in [0.25, 0.3) is 0 Å². The fraction of sp³-hybridized carbons (Fsp3) is 0.429. The van der Waals surface area contributed by atoms with Crippen LogP contribution in [-0.2, 0) is 0 Å². The lowest BCUT2D eigenvalue weighted by atomic mass is 10.2. The van der Waals surface area contributed by atoms with Gasteiger partial charge >= 0.3 is 0 Å². The van der Waals surface area contributed by atoms with E-state index >= 15 is 0 Å². The van der Waals surface area contributed by atoms with Crippen molar-refractivity contribution in [2.45, 2.75) is 0 Å². The van der Waals surface area contributed by atoms with Gasteiger partial charge in [0, 0.05) is 37.4 Å². The van der Waals surface area contributed by atoms with Crippen LogP contribution in [0.2, 0.25) is 0 Å². The largest absolute Gasteiger partial charge is 0.369 e. The molecule has 1 aromatic rings. The third-order valence-corrected chi connectivity index (χ3v) is 3.17. The first-order valence-electron chi connectivity index (χ1n) is 5.88. The SMILES string of the molecule is CN1CCN(c2ccc(C#CCCl)cc2)CC1. The molecule has 2 nitrogen and oxygen atoms in total. The summed E-state index contributed by atoms with van der Waals surface area (Å²) in [6.07, 6.45) is 0. The van der Waals surface area contributed by atoms with Gasteiger partial charge in [0.1, 0.15) is 0 Å². The number of hydrogen-bond donors (Lipinski definition) is 0. The quantitative estimate of drug-likeness (QED) is 0.554. The molecule has 1 aliphatic rings. The second-order valence-corrected chi connectivity index (χ2v) is 4.54. The fourth-order valence-corrected chi connectivity index (χ4v) is 2.02. The summed E-state index contributed by atoms with van der Waals surface area (Å²) >= 11 is 5.53. The van der Waals surface area contributed by atoms with Crippen LogP contribution < -0.4 is 4.90 Å². The molecule has 17 heavy (non-hydrogen) atoms. The minimum Gasteiger partial charge on any atom is -0.369 e. The van der Waals surface area contributed by atoms with Gasteiger partial charge in [0.05, 0.1) is 5.88 Å². The Kier molecular flexibility index (Phi) is 4.30. The van der Waals surface area contributed by atoms with Gasteiger partial charge in [-0.25, -0.2) is 0 Å². The minimum absolute atomic E-state index is 0.389.